The van der Waals surface area contributed by atoms with Crippen LogP contribution < -0.4 is 0 Å². The Morgan fingerprint density at radius 2 is 1.89 bits per heavy atom. The van der Waals surface area contributed by atoms with Crippen molar-refractivity contribution in [3.8, 4) is 0 Å². The van der Waals surface area contributed by atoms with Gasteiger partial charge in [0.05, 0.1) is 0 Å². The SMILES string of the molecule is C=CCOC(=O)OC(=O)/C=C(C)/C=C/C=C(C)/C=C/C1=C(C)CCCC1(C)C. The normalized spacial score (nSPS) is 17.9. The van der Waals surface area contributed by atoms with E-state index in [1.165, 1.54) is 42.6 Å². The molecule has 0 bridgehead atoms. The molecule has 0 aliphatic heterocycles. The second-order valence-corrected chi connectivity index (χ2v) is 7.69. The summed E-state index contributed by atoms with van der Waals surface area (Å²) < 4.78 is 9.08. The fourth-order valence-electron chi connectivity index (χ4n) is 3.13. The fourth-order valence-corrected chi connectivity index (χ4v) is 3.13. The monoisotopic (exact) mass is 384 g/mol. The van der Waals surface area contributed by atoms with Gasteiger partial charge in [-0.3, -0.25) is 0 Å². The molecular weight excluding hydrogens is 352 g/mol. The van der Waals surface area contributed by atoms with Gasteiger partial charge in [0.15, 0.2) is 0 Å². The zero-order valence-electron chi connectivity index (χ0n) is 17.7. The highest BCUT2D eigenvalue weighted by molar-refractivity contribution is 5.90. The van der Waals surface area contributed by atoms with Crippen LogP contribution >= 0.6 is 0 Å². The Labute approximate surface area is 169 Å². The molecule has 152 valence electrons. The first kappa shape index (κ1) is 23.4. The van der Waals surface area contributed by atoms with Crippen LogP contribution in [0, 0.1) is 5.41 Å². The molecule has 4 heteroatoms. The van der Waals surface area contributed by atoms with Gasteiger partial charge >= 0.3 is 12.1 Å². The average molecular weight is 385 g/mol. The standard InChI is InChI=1S/C24H32O4/c1-7-16-27-23(26)28-22(25)17-19(3)11-8-10-18(2)13-14-21-20(4)12-9-15-24(21,5)6/h7-8,10-11,13-14,17H,1,9,12,15-16H2,2-6H3/b11-8+,14-13+,18-10+,19-17+. The van der Waals surface area contributed by atoms with Gasteiger partial charge in [-0.05, 0) is 56.6 Å². The van der Waals surface area contributed by atoms with Crippen molar-refractivity contribution in [1.29, 1.82) is 0 Å². The molecule has 0 unspecified atom stereocenters. The molecule has 0 aromatic rings. The highest BCUT2D eigenvalue weighted by Crippen LogP contribution is 2.40. The maximum atomic E-state index is 11.6. The number of hydrogen-bond donors (Lipinski definition) is 0. The molecule has 0 spiro atoms. The molecular formula is C24H32O4. The van der Waals surface area contributed by atoms with Crippen molar-refractivity contribution in [2.45, 2.75) is 53.9 Å². The minimum atomic E-state index is -1.03. The summed E-state index contributed by atoms with van der Waals surface area (Å²) in [5.41, 5.74) is 4.90. The second kappa shape index (κ2) is 11.3. The molecule has 0 saturated carbocycles. The van der Waals surface area contributed by atoms with E-state index in [1.54, 1.807) is 13.0 Å². The Bertz CT molecular complexity index is 743. The number of carbonyl (C=O) groups excluding carboxylic acids is 2. The number of carbonyl (C=O) groups is 2. The Morgan fingerprint density at radius 3 is 2.54 bits per heavy atom. The summed E-state index contributed by atoms with van der Waals surface area (Å²) in [4.78, 5) is 22.8. The fraction of sp³-hybridized carbons (Fsp3) is 0.417. The first-order chi connectivity index (χ1) is 13.2. The van der Waals surface area contributed by atoms with Gasteiger partial charge in [-0.25, -0.2) is 9.59 Å². The van der Waals surface area contributed by atoms with E-state index in [1.807, 2.05) is 19.1 Å². The van der Waals surface area contributed by atoms with Gasteiger partial charge in [0.2, 0.25) is 0 Å². The molecule has 4 nitrogen and oxygen atoms in total. The molecule has 0 fully saturated rings. The van der Waals surface area contributed by atoms with Crippen molar-refractivity contribution in [3.63, 3.8) is 0 Å². The van der Waals surface area contributed by atoms with Gasteiger partial charge in [0.25, 0.3) is 0 Å². The van der Waals surface area contributed by atoms with Crippen molar-refractivity contribution in [1.82, 2.24) is 0 Å². The van der Waals surface area contributed by atoms with Crippen LogP contribution in [-0.4, -0.2) is 18.7 Å². The van der Waals surface area contributed by atoms with Crippen LogP contribution in [0.1, 0.15) is 53.9 Å². The number of rotatable bonds is 7. The summed E-state index contributed by atoms with van der Waals surface area (Å²) in [5, 5.41) is 0. The Kier molecular flexibility index (Phi) is 9.43. The quantitative estimate of drug-likeness (QED) is 0.168. The number of esters is 1. The first-order valence-electron chi connectivity index (χ1n) is 9.56. The molecule has 0 N–H and O–H groups in total. The summed E-state index contributed by atoms with van der Waals surface area (Å²) in [5.74, 6) is -0.765. The predicted molar refractivity (Wildman–Crippen MR) is 114 cm³/mol. The summed E-state index contributed by atoms with van der Waals surface area (Å²) in [6.07, 6.45) is 15.2. The van der Waals surface area contributed by atoms with Crippen molar-refractivity contribution in [2.24, 2.45) is 5.41 Å². The smallest absolute Gasteiger partial charge is 0.430 e. The molecule has 0 saturated heterocycles. The molecule has 0 aromatic heterocycles. The third-order valence-corrected chi connectivity index (χ3v) is 4.62. The zero-order valence-corrected chi connectivity index (χ0v) is 17.7. The third-order valence-electron chi connectivity index (χ3n) is 4.62. The molecule has 0 radical (unpaired) electrons. The summed E-state index contributed by atoms with van der Waals surface area (Å²) in [6, 6.07) is 0. The van der Waals surface area contributed by atoms with E-state index in [-0.39, 0.29) is 12.0 Å². The van der Waals surface area contributed by atoms with Gasteiger partial charge in [-0.15, -0.1) is 0 Å². The van der Waals surface area contributed by atoms with Crippen LogP contribution in [-0.2, 0) is 14.3 Å². The first-order valence-corrected chi connectivity index (χ1v) is 9.56. The van der Waals surface area contributed by atoms with E-state index in [0.717, 1.165) is 5.57 Å². The third kappa shape index (κ3) is 8.38. The second-order valence-electron chi connectivity index (χ2n) is 7.69. The van der Waals surface area contributed by atoms with Crippen molar-refractivity contribution in [3.05, 3.63) is 71.4 Å². The molecule has 1 aliphatic rings. The van der Waals surface area contributed by atoms with Gasteiger partial charge in [0.1, 0.15) is 6.61 Å². The Hall–Kier alpha value is -2.62. The van der Waals surface area contributed by atoms with E-state index in [9.17, 15) is 9.59 Å². The summed E-state index contributed by atoms with van der Waals surface area (Å²) in [6.45, 7) is 14.0. The summed E-state index contributed by atoms with van der Waals surface area (Å²) in [7, 11) is 0. The van der Waals surface area contributed by atoms with Gasteiger partial charge < -0.3 is 9.47 Å². The van der Waals surface area contributed by atoms with Crippen LogP contribution in [0.25, 0.3) is 0 Å². The van der Waals surface area contributed by atoms with Gasteiger partial charge in [-0.2, -0.15) is 0 Å². The summed E-state index contributed by atoms with van der Waals surface area (Å²) >= 11 is 0. The number of allylic oxidation sites excluding steroid dienone is 9. The number of hydrogen-bond acceptors (Lipinski definition) is 4. The lowest BCUT2D eigenvalue weighted by Crippen LogP contribution is -2.19. The molecule has 0 heterocycles. The lowest BCUT2D eigenvalue weighted by atomic mass is 9.72. The van der Waals surface area contributed by atoms with E-state index in [2.05, 4.69) is 49.0 Å². The van der Waals surface area contributed by atoms with Crippen molar-refractivity contribution >= 4 is 12.1 Å². The maximum Gasteiger partial charge on any atom is 0.516 e. The van der Waals surface area contributed by atoms with E-state index in [4.69, 9.17) is 0 Å². The largest absolute Gasteiger partial charge is 0.516 e. The van der Waals surface area contributed by atoms with Crippen LogP contribution in [0.5, 0.6) is 0 Å². The molecule has 1 rings (SSSR count). The van der Waals surface area contributed by atoms with Crippen LogP contribution in [0.15, 0.2) is 71.4 Å². The molecule has 0 aromatic carbocycles. The average Bonchev–Trinajstić information content (AvgIpc) is 2.58. The van der Waals surface area contributed by atoms with Gasteiger partial charge in [0, 0.05) is 6.08 Å². The lowest BCUT2D eigenvalue weighted by Gasteiger charge is -2.32. The van der Waals surface area contributed by atoms with Crippen molar-refractivity contribution in [2.75, 3.05) is 6.61 Å². The highest BCUT2D eigenvalue weighted by atomic mass is 16.7. The minimum Gasteiger partial charge on any atom is -0.430 e. The lowest BCUT2D eigenvalue weighted by molar-refractivity contribution is -0.134. The van der Waals surface area contributed by atoms with E-state index < -0.39 is 12.1 Å². The molecule has 0 amide bonds. The van der Waals surface area contributed by atoms with Crippen molar-refractivity contribution < 1.29 is 19.1 Å². The van der Waals surface area contributed by atoms with Gasteiger partial charge in [-0.1, -0.05) is 68.0 Å². The van der Waals surface area contributed by atoms with Crippen LogP contribution in [0.4, 0.5) is 4.79 Å². The highest BCUT2D eigenvalue weighted by Gasteiger charge is 2.26. The van der Waals surface area contributed by atoms with Crippen LogP contribution in [0.3, 0.4) is 0 Å². The van der Waals surface area contributed by atoms with E-state index in [0.29, 0.717) is 5.57 Å². The van der Waals surface area contributed by atoms with Crippen LogP contribution in [0.2, 0.25) is 0 Å². The van der Waals surface area contributed by atoms with E-state index >= 15 is 0 Å². The minimum absolute atomic E-state index is 0.0000875. The Balaban J connectivity index is 2.66. The molecule has 0 atom stereocenters. The zero-order chi connectivity index (χ0) is 21.2. The molecule has 28 heavy (non-hydrogen) atoms. The maximum absolute atomic E-state index is 11.6. The predicted octanol–water partition coefficient (Wildman–Crippen LogP) is 6.38. The number of ether oxygens (including phenoxy) is 2. The molecule has 1 aliphatic carbocycles. The topological polar surface area (TPSA) is 52.6 Å². The Morgan fingerprint density at radius 1 is 1.18 bits per heavy atom.